The van der Waals surface area contributed by atoms with Crippen LogP contribution in [0.4, 0.5) is 10.1 Å². The van der Waals surface area contributed by atoms with Crippen molar-refractivity contribution in [2.24, 2.45) is 0 Å². The molecule has 0 unspecified atom stereocenters. The molecule has 4 rings (SSSR count). The molecular weight excluding hydrogens is 315 g/mol. The summed E-state index contributed by atoms with van der Waals surface area (Å²) in [4.78, 5) is 2.31. The third-order valence-electron chi connectivity index (χ3n) is 5.31. The van der Waals surface area contributed by atoms with Gasteiger partial charge in [-0.1, -0.05) is 12.1 Å². The van der Waals surface area contributed by atoms with Gasteiger partial charge in [-0.2, -0.15) is 0 Å². The fourth-order valence-corrected chi connectivity index (χ4v) is 3.70. The standard InChI is InChI=1S/C21H23FN2O/c1-15-6-7-19(22)18-8-11-24(20(15)18)17-5-3-4-16(14-17)23-12-9-21(2,25)10-13-23/h3-8,11,14,25H,9-10,12-13H2,1-2H3. The Morgan fingerprint density at radius 3 is 2.52 bits per heavy atom. The minimum atomic E-state index is -0.556. The zero-order valence-electron chi connectivity index (χ0n) is 14.7. The van der Waals surface area contributed by atoms with Crippen molar-refractivity contribution in [3.05, 3.63) is 60.0 Å². The average Bonchev–Trinajstić information content (AvgIpc) is 3.05. The van der Waals surface area contributed by atoms with Crippen molar-refractivity contribution in [2.45, 2.75) is 32.3 Å². The Morgan fingerprint density at radius 2 is 1.76 bits per heavy atom. The van der Waals surface area contributed by atoms with Gasteiger partial charge in [0.05, 0.1) is 11.1 Å². The number of hydrogen-bond donors (Lipinski definition) is 1. The highest BCUT2D eigenvalue weighted by Gasteiger charge is 2.27. The van der Waals surface area contributed by atoms with Crippen molar-refractivity contribution in [2.75, 3.05) is 18.0 Å². The van der Waals surface area contributed by atoms with Crippen LogP contribution >= 0.6 is 0 Å². The molecule has 1 saturated heterocycles. The number of halogens is 1. The zero-order valence-corrected chi connectivity index (χ0v) is 14.7. The van der Waals surface area contributed by atoms with Crippen molar-refractivity contribution < 1.29 is 9.50 Å². The van der Waals surface area contributed by atoms with E-state index in [2.05, 4.69) is 21.6 Å². The van der Waals surface area contributed by atoms with Gasteiger partial charge >= 0.3 is 0 Å². The highest BCUT2D eigenvalue weighted by molar-refractivity contribution is 5.85. The van der Waals surface area contributed by atoms with Crippen LogP contribution in [0.3, 0.4) is 0 Å². The Morgan fingerprint density at radius 1 is 1.04 bits per heavy atom. The molecule has 0 aliphatic carbocycles. The lowest BCUT2D eigenvalue weighted by molar-refractivity contribution is 0.0351. The number of piperidine rings is 1. The number of aryl methyl sites for hydroxylation is 1. The lowest BCUT2D eigenvalue weighted by atomic mass is 9.93. The fourth-order valence-electron chi connectivity index (χ4n) is 3.70. The summed E-state index contributed by atoms with van der Waals surface area (Å²) in [7, 11) is 0. The van der Waals surface area contributed by atoms with Crippen LogP contribution in [-0.4, -0.2) is 28.4 Å². The summed E-state index contributed by atoms with van der Waals surface area (Å²) in [6.07, 6.45) is 3.48. The SMILES string of the molecule is Cc1ccc(F)c2ccn(-c3cccc(N4CCC(C)(O)CC4)c3)c12. The van der Waals surface area contributed by atoms with Gasteiger partial charge in [0.25, 0.3) is 0 Å². The molecule has 3 aromatic rings. The lowest BCUT2D eigenvalue weighted by Crippen LogP contribution is -2.42. The van der Waals surface area contributed by atoms with Gasteiger partial charge in [0.15, 0.2) is 0 Å². The molecule has 4 heteroatoms. The van der Waals surface area contributed by atoms with E-state index in [1.54, 1.807) is 0 Å². The van der Waals surface area contributed by atoms with Gasteiger partial charge < -0.3 is 14.6 Å². The van der Waals surface area contributed by atoms with E-state index in [4.69, 9.17) is 0 Å². The van der Waals surface area contributed by atoms with Crippen molar-refractivity contribution in [3.8, 4) is 5.69 Å². The third kappa shape index (κ3) is 2.91. The summed E-state index contributed by atoms with van der Waals surface area (Å²) >= 11 is 0. The minimum Gasteiger partial charge on any atom is -0.390 e. The maximum atomic E-state index is 14.1. The van der Waals surface area contributed by atoms with Crippen LogP contribution < -0.4 is 4.90 Å². The summed E-state index contributed by atoms with van der Waals surface area (Å²) in [5.41, 5.74) is 3.58. The van der Waals surface area contributed by atoms with Gasteiger partial charge in [-0.3, -0.25) is 0 Å². The van der Waals surface area contributed by atoms with Gasteiger partial charge in [-0.15, -0.1) is 0 Å². The van der Waals surface area contributed by atoms with Crippen molar-refractivity contribution in [1.82, 2.24) is 4.57 Å². The molecule has 1 fully saturated rings. The number of hydrogen-bond acceptors (Lipinski definition) is 2. The Labute approximate surface area is 147 Å². The highest BCUT2D eigenvalue weighted by atomic mass is 19.1. The van der Waals surface area contributed by atoms with Gasteiger partial charge in [0.1, 0.15) is 5.82 Å². The van der Waals surface area contributed by atoms with E-state index in [0.717, 1.165) is 48.4 Å². The quantitative estimate of drug-likeness (QED) is 0.749. The second-order valence-electron chi connectivity index (χ2n) is 7.32. The van der Waals surface area contributed by atoms with E-state index in [1.165, 1.54) is 6.07 Å². The maximum Gasteiger partial charge on any atom is 0.132 e. The van der Waals surface area contributed by atoms with Crippen molar-refractivity contribution >= 4 is 16.6 Å². The van der Waals surface area contributed by atoms with Crippen molar-refractivity contribution in [3.63, 3.8) is 0 Å². The lowest BCUT2D eigenvalue weighted by Gasteiger charge is -2.37. The van der Waals surface area contributed by atoms with E-state index >= 15 is 0 Å². The second-order valence-corrected chi connectivity index (χ2v) is 7.32. The van der Waals surface area contributed by atoms with E-state index in [0.29, 0.717) is 5.39 Å². The molecule has 0 bridgehead atoms. The Hall–Kier alpha value is -2.33. The predicted molar refractivity (Wildman–Crippen MR) is 100 cm³/mol. The summed E-state index contributed by atoms with van der Waals surface area (Å²) < 4.78 is 16.1. The topological polar surface area (TPSA) is 28.4 Å². The van der Waals surface area contributed by atoms with Crippen LogP contribution in [0.25, 0.3) is 16.6 Å². The highest BCUT2D eigenvalue weighted by Crippen LogP contribution is 2.30. The van der Waals surface area contributed by atoms with Gasteiger partial charge in [-0.05, 0) is 62.6 Å². The second kappa shape index (κ2) is 5.88. The van der Waals surface area contributed by atoms with E-state index in [-0.39, 0.29) is 5.82 Å². The maximum absolute atomic E-state index is 14.1. The predicted octanol–water partition coefficient (Wildman–Crippen LogP) is 4.43. The number of aliphatic hydroxyl groups is 1. The molecule has 1 aliphatic heterocycles. The molecule has 1 N–H and O–H groups in total. The van der Waals surface area contributed by atoms with Crippen LogP contribution in [0.5, 0.6) is 0 Å². The smallest absolute Gasteiger partial charge is 0.132 e. The van der Waals surface area contributed by atoms with Gasteiger partial charge in [-0.25, -0.2) is 4.39 Å². The van der Waals surface area contributed by atoms with Gasteiger partial charge in [0.2, 0.25) is 0 Å². The molecule has 0 amide bonds. The Balaban J connectivity index is 1.72. The van der Waals surface area contributed by atoms with Crippen molar-refractivity contribution in [1.29, 1.82) is 0 Å². The first-order valence-electron chi connectivity index (χ1n) is 8.79. The molecule has 0 saturated carbocycles. The minimum absolute atomic E-state index is 0.186. The van der Waals surface area contributed by atoms with E-state index in [9.17, 15) is 9.50 Å². The molecule has 1 aliphatic rings. The third-order valence-corrected chi connectivity index (χ3v) is 5.31. The van der Waals surface area contributed by atoms with Crippen LogP contribution in [0.1, 0.15) is 25.3 Å². The van der Waals surface area contributed by atoms with Crippen LogP contribution in [-0.2, 0) is 0 Å². The van der Waals surface area contributed by atoms with E-state index < -0.39 is 5.60 Å². The number of nitrogens with zero attached hydrogens (tertiary/aromatic N) is 2. The Kier molecular flexibility index (Phi) is 3.80. The number of benzene rings is 2. The van der Waals surface area contributed by atoms with Crippen LogP contribution in [0.15, 0.2) is 48.7 Å². The molecule has 0 atom stereocenters. The first-order valence-corrected chi connectivity index (χ1v) is 8.79. The van der Waals surface area contributed by atoms with Gasteiger partial charge in [0, 0.05) is 36.0 Å². The van der Waals surface area contributed by atoms with Crippen LogP contribution in [0.2, 0.25) is 0 Å². The van der Waals surface area contributed by atoms with Crippen LogP contribution in [0, 0.1) is 12.7 Å². The first-order chi connectivity index (χ1) is 11.9. The summed E-state index contributed by atoms with van der Waals surface area (Å²) in [5, 5.41) is 10.8. The van der Waals surface area contributed by atoms with E-state index in [1.807, 2.05) is 44.3 Å². The fraction of sp³-hybridized carbons (Fsp3) is 0.333. The number of rotatable bonds is 2. The molecule has 25 heavy (non-hydrogen) atoms. The first kappa shape index (κ1) is 16.2. The molecule has 2 aromatic carbocycles. The normalized spacial score (nSPS) is 17.2. The molecule has 130 valence electrons. The molecule has 0 radical (unpaired) electrons. The summed E-state index contributed by atoms with van der Waals surface area (Å²) in [6.45, 7) is 5.60. The Bertz CT molecular complexity index is 919. The molecule has 2 heterocycles. The molecule has 1 aromatic heterocycles. The number of aromatic nitrogens is 1. The average molecular weight is 338 g/mol. The summed E-state index contributed by atoms with van der Waals surface area (Å²) in [6, 6.07) is 13.5. The zero-order chi connectivity index (χ0) is 17.6. The largest absolute Gasteiger partial charge is 0.390 e. The molecule has 0 spiro atoms. The monoisotopic (exact) mass is 338 g/mol. The molecular formula is C21H23FN2O. The number of anilines is 1. The molecule has 3 nitrogen and oxygen atoms in total. The number of fused-ring (bicyclic) bond motifs is 1. The summed E-state index contributed by atoms with van der Waals surface area (Å²) in [5.74, 6) is -0.186.